The number of rotatable bonds is 4. The molecule has 132 valence electrons. The molecule has 3 rings (SSSR count). The Morgan fingerprint density at radius 1 is 0.962 bits per heavy atom. The molecule has 0 atom stereocenters. The van der Waals surface area contributed by atoms with Gasteiger partial charge in [0.1, 0.15) is 4.88 Å². The monoisotopic (exact) mass is 374 g/mol. The van der Waals surface area contributed by atoms with Gasteiger partial charge in [-0.05, 0) is 36.4 Å². The van der Waals surface area contributed by atoms with Gasteiger partial charge in [-0.15, -0.1) is 11.3 Å². The summed E-state index contributed by atoms with van der Waals surface area (Å²) in [7, 11) is 0. The van der Waals surface area contributed by atoms with Gasteiger partial charge in [-0.3, -0.25) is 9.79 Å². The van der Waals surface area contributed by atoms with Crippen molar-refractivity contribution in [2.75, 3.05) is 5.32 Å². The summed E-state index contributed by atoms with van der Waals surface area (Å²) in [5.74, 6) is -0.342. The lowest BCUT2D eigenvalue weighted by molar-refractivity contribution is -0.134. The highest BCUT2D eigenvalue weighted by molar-refractivity contribution is 7.13. The van der Waals surface area contributed by atoms with E-state index in [1.807, 2.05) is 6.07 Å². The van der Waals surface area contributed by atoms with E-state index < -0.39 is 11.1 Å². The third-order valence-corrected chi connectivity index (χ3v) is 4.48. The Labute approximate surface area is 151 Å². The SMILES string of the molecule is O=C(Nc1ccccc1)c1ccccc1/N=C/c1ccc(C(F)(F)F)s1. The molecule has 0 aliphatic rings. The van der Waals surface area contributed by atoms with Crippen molar-refractivity contribution in [2.45, 2.75) is 6.18 Å². The first kappa shape index (κ1) is 17.9. The van der Waals surface area contributed by atoms with E-state index in [9.17, 15) is 18.0 Å². The zero-order valence-corrected chi connectivity index (χ0v) is 14.1. The largest absolute Gasteiger partial charge is 0.425 e. The van der Waals surface area contributed by atoms with Gasteiger partial charge in [0.25, 0.3) is 5.91 Å². The van der Waals surface area contributed by atoms with E-state index in [0.29, 0.717) is 33.2 Å². The van der Waals surface area contributed by atoms with Crippen LogP contribution < -0.4 is 5.32 Å². The molecule has 3 nitrogen and oxygen atoms in total. The first-order valence-corrected chi connectivity index (χ1v) is 8.42. The molecule has 26 heavy (non-hydrogen) atoms. The molecule has 7 heteroatoms. The Bertz CT molecular complexity index is 933. The summed E-state index contributed by atoms with van der Waals surface area (Å²) in [5.41, 5.74) is 1.35. The van der Waals surface area contributed by atoms with Crippen LogP contribution in [0.2, 0.25) is 0 Å². The molecule has 0 saturated heterocycles. The van der Waals surface area contributed by atoms with Crippen LogP contribution in [0.25, 0.3) is 0 Å². The van der Waals surface area contributed by atoms with E-state index >= 15 is 0 Å². The third kappa shape index (κ3) is 4.37. The van der Waals surface area contributed by atoms with Crippen LogP contribution in [0.1, 0.15) is 20.1 Å². The number of benzene rings is 2. The maximum absolute atomic E-state index is 12.7. The molecule has 1 N–H and O–H groups in total. The number of hydrogen-bond acceptors (Lipinski definition) is 3. The van der Waals surface area contributed by atoms with Gasteiger partial charge in [-0.25, -0.2) is 0 Å². The highest BCUT2D eigenvalue weighted by atomic mass is 32.1. The summed E-state index contributed by atoms with van der Waals surface area (Å²) in [6, 6.07) is 18.0. The average Bonchev–Trinajstić information content (AvgIpc) is 3.10. The predicted molar refractivity (Wildman–Crippen MR) is 97.4 cm³/mol. The summed E-state index contributed by atoms with van der Waals surface area (Å²) < 4.78 is 38.0. The zero-order chi connectivity index (χ0) is 18.6. The molecule has 0 radical (unpaired) electrons. The van der Waals surface area contributed by atoms with E-state index in [1.54, 1.807) is 48.5 Å². The van der Waals surface area contributed by atoms with Crippen molar-refractivity contribution in [3.63, 3.8) is 0 Å². The topological polar surface area (TPSA) is 41.5 Å². The molecule has 0 bridgehead atoms. The fourth-order valence-electron chi connectivity index (χ4n) is 2.21. The molecule has 3 aromatic rings. The van der Waals surface area contributed by atoms with E-state index in [4.69, 9.17) is 0 Å². The number of amides is 1. The fourth-order valence-corrected chi connectivity index (χ4v) is 2.95. The van der Waals surface area contributed by atoms with Crippen LogP contribution in [0.15, 0.2) is 71.7 Å². The smallest absolute Gasteiger partial charge is 0.322 e. The van der Waals surface area contributed by atoms with Gasteiger partial charge >= 0.3 is 6.18 Å². The van der Waals surface area contributed by atoms with Crippen molar-refractivity contribution in [3.8, 4) is 0 Å². The van der Waals surface area contributed by atoms with Gasteiger partial charge < -0.3 is 5.32 Å². The molecular formula is C19H13F3N2OS. The normalized spacial score (nSPS) is 11.7. The van der Waals surface area contributed by atoms with Crippen LogP contribution in [0.5, 0.6) is 0 Å². The van der Waals surface area contributed by atoms with Crippen molar-refractivity contribution < 1.29 is 18.0 Å². The molecule has 0 fully saturated rings. The Morgan fingerprint density at radius 3 is 2.35 bits per heavy atom. The lowest BCUT2D eigenvalue weighted by atomic mass is 10.1. The first-order valence-electron chi connectivity index (χ1n) is 7.60. The van der Waals surface area contributed by atoms with Crippen molar-refractivity contribution >= 4 is 34.8 Å². The molecule has 0 spiro atoms. The summed E-state index contributed by atoms with van der Waals surface area (Å²) in [4.78, 5) is 16.3. The first-order chi connectivity index (χ1) is 12.4. The average molecular weight is 374 g/mol. The van der Waals surface area contributed by atoms with Crippen molar-refractivity contribution in [2.24, 2.45) is 4.99 Å². The quantitative estimate of drug-likeness (QED) is 0.579. The fraction of sp³-hybridized carbons (Fsp3) is 0.0526. The standard InChI is InChI=1S/C19H13F3N2OS/c20-19(21,22)17-11-10-14(26-17)12-23-16-9-5-4-8-15(16)18(25)24-13-6-2-1-3-7-13/h1-12H,(H,24,25)/b23-12+. The number of alkyl halides is 3. The molecule has 0 aliphatic heterocycles. The Balaban J connectivity index is 1.81. The minimum Gasteiger partial charge on any atom is -0.322 e. The van der Waals surface area contributed by atoms with E-state index in [2.05, 4.69) is 10.3 Å². The number of nitrogens with zero attached hydrogens (tertiary/aromatic N) is 1. The van der Waals surface area contributed by atoms with Gasteiger partial charge in [0.05, 0.1) is 11.3 Å². The molecular weight excluding hydrogens is 361 g/mol. The Kier molecular flexibility index (Phi) is 5.18. The minimum atomic E-state index is -4.37. The van der Waals surface area contributed by atoms with Gasteiger partial charge in [0.15, 0.2) is 0 Å². The van der Waals surface area contributed by atoms with Crippen LogP contribution in [0.4, 0.5) is 24.5 Å². The molecule has 1 amide bonds. The number of anilines is 1. The number of halogens is 3. The van der Waals surface area contributed by atoms with Crippen LogP contribution >= 0.6 is 11.3 Å². The van der Waals surface area contributed by atoms with Crippen LogP contribution in [0, 0.1) is 0 Å². The molecule has 0 unspecified atom stereocenters. The van der Waals surface area contributed by atoms with Gasteiger partial charge in [-0.2, -0.15) is 13.2 Å². The minimum absolute atomic E-state index is 0.334. The summed E-state index contributed by atoms with van der Waals surface area (Å²) >= 11 is 0.601. The second-order valence-corrected chi connectivity index (χ2v) is 6.41. The highest BCUT2D eigenvalue weighted by Crippen LogP contribution is 2.34. The second kappa shape index (κ2) is 7.53. The number of hydrogen-bond donors (Lipinski definition) is 1. The van der Waals surface area contributed by atoms with Gasteiger partial charge in [0, 0.05) is 16.8 Å². The van der Waals surface area contributed by atoms with Gasteiger partial charge in [0.2, 0.25) is 0 Å². The number of thiophene rings is 1. The molecule has 2 aromatic carbocycles. The lowest BCUT2D eigenvalue weighted by Gasteiger charge is -2.07. The van der Waals surface area contributed by atoms with Crippen LogP contribution in [-0.4, -0.2) is 12.1 Å². The summed E-state index contributed by atoms with van der Waals surface area (Å²) in [6.45, 7) is 0. The molecule has 0 aliphatic carbocycles. The van der Waals surface area contributed by atoms with E-state index in [-0.39, 0.29) is 5.91 Å². The number of aliphatic imine (C=N–C) groups is 1. The van der Waals surface area contributed by atoms with Gasteiger partial charge in [-0.1, -0.05) is 30.3 Å². The molecule has 1 heterocycles. The van der Waals surface area contributed by atoms with Crippen molar-refractivity contribution in [1.29, 1.82) is 0 Å². The van der Waals surface area contributed by atoms with Crippen LogP contribution in [-0.2, 0) is 6.18 Å². The predicted octanol–water partition coefficient (Wildman–Crippen LogP) is 5.77. The Hall–Kier alpha value is -2.93. The maximum atomic E-state index is 12.7. The number of carbonyl (C=O) groups excluding carboxylic acids is 1. The maximum Gasteiger partial charge on any atom is 0.425 e. The van der Waals surface area contributed by atoms with E-state index in [0.717, 1.165) is 6.07 Å². The zero-order valence-electron chi connectivity index (χ0n) is 13.3. The number of para-hydroxylation sites is 2. The highest BCUT2D eigenvalue weighted by Gasteiger charge is 2.32. The van der Waals surface area contributed by atoms with Crippen molar-refractivity contribution in [3.05, 3.63) is 82.0 Å². The number of nitrogens with one attached hydrogen (secondary N) is 1. The molecule has 1 aromatic heterocycles. The lowest BCUT2D eigenvalue weighted by Crippen LogP contribution is -2.11. The summed E-state index contributed by atoms with van der Waals surface area (Å²) in [5, 5.41) is 2.76. The molecule has 0 saturated carbocycles. The van der Waals surface area contributed by atoms with Crippen molar-refractivity contribution in [1.82, 2.24) is 0 Å². The summed E-state index contributed by atoms with van der Waals surface area (Å²) in [6.07, 6.45) is -3.04. The number of carbonyl (C=O) groups is 1. The Morgan fingerprint density at radius 2 is 1.65 bits per heavy atom. The van der Waals surface area contributed by atoms with Crippen LogP contribution in [0.3, 0.4) is 0 Å². The van der Waals surface area contributed by atoms with E-state index in [1.165, 1.54) is 12.3 Å². The third-order valence-electron chi connectivity index (χ3n) is 3.42. The second-order valence-electron chi connectivity index (χ2n) is 5.30.